The van der Waals surface area contributed by atoms with Crippen molar-refractivity contribution in [1.29, 1.82) is 0 Å². The van der Waals surface area contributed by atoms with Crippen LogP contribution in [0.2, 0.25) is 0 Å². The Labute approximate surface area is 203 Å². The molecule has 0 aliphatic heterocycles. The smallest absolute Gasteiger partial charge is 0.331 e. The predicted octanol–water partition coefficient (Wildman–Crippen LogP) is 3.73. The number of ketones is 1. The number of aliphatic hydroxyl groups excluding tert-OH is 1. The van der Waals surface area contributed by atoms with Crippen LogP contribution in [0.25, 0.3) is 0 Å². The Bertz CT molecular complexity index is 920. The topological polar surface area (TPSA) is 104 Å². The lowest BCUT2D eigenvalue weighted by molar-refractivity contribution is -0.259. The molecule has 4 aliphatic rings. The third-order valence-corrected chi connectivity index (χ3v) is 10.3. The quantitative estimate of drug-likeness (QED) is 0.326. The second-order valence-electron chi connectivity index (χ2n) is 12.2. The summed E-state index contributed by atoms with van der Waals surface area (Å²) >= 11 is 0. The van der Waals surface area contributed by atoms with Crippen molar-refractivity contribution in [3.63, 3.8) is 0 Å². The highest BCUT2D eigenvalue weighted by Gasteiger charge is 2.74. The van der Waals surface area contributed by atoms with Crippen molar-refractivity contribution in [3.8, 4) is 0 Å². The molecule has 190 valence electrons. The normalized spacial score (nSPS) is 46.3. The molecule has 0 aromatic rings. The van der Waals surface area contributed by atoms with Crippen LogP contribution in [0.5, 0.6) is 0 Å². The van der Waals surface area contributed by atoms with Crippen LogP contribution < -0.4 is 0 Å². The molecular formula is C28H42O6. The zero-order chi connectivity index (χ0) is 25.2. The summed E-state index contributed by atoms with van der Waals surface area (Å²) < 4.78 is 5.92. The molecule has 6 nitrogen and oxygen atoms in total. The second-order valence-corrected chi connectivity index (χ2v) is 12.2. The number of aliphatic hydroxyl groups is 3. The molecule has 6 heteroatoms. The molecule has 4 aliphatic carbocycles. The maximum Gasteiger partial charge on any atom is 0.331 e. The van der Waals surface area contributed by atoms with Gasteiger partial charge in [-0.1, -0.05) is 44.9 Å². The second kappa shape index (κ2) is 8.56. The number of esters is 1. The molecule has 34 heavy (non-hydrogen) atoms. The molecule has 4 rings (SSSR count). The lowest BCUT2D eigenvalue weighted by atomic mass is 9.55. The highest BCUT2D eigenvalue weighted by Crippen LogP contribution is 2.67. The maximum absolute atomic E-state index is 12.9. The van der Waals surface area contributed by atoms with Gasteiger partial charge in [-0.3, -0.25) is 4.79 Å². The highest BCUT2D eigenvalue weighted by atomic mass is 16.6. The van der Waals surface area contributed by atoms with Gasteiger partial charge in [-0.05, 0) is 75.5 Å². The molecule has 3 saturated carbocycles. The van der Waals surface area contributed by atoms with Gasteiger partial charge in [-0.25, -0.2) is 4.79 Å². The van der Waals surface area contributed by atoms with Gasteiger partial charge in [0.2, 0.25) is 0 Å². The van der Waals surface area contributed by atoms with Gasteiger partial charge in [-0.15, -0.1) is 0 Å². The Balaban J connectivity index is 1.76. The van der Waals surface area contributed by atoms with Gasteiger partial charge >= 0.3 is 5.97 Å². The minimum Gasteiger partial charge on any atom is -0.456 e. The van der Waals surface area contributed by atoms with Crippen molar-refractivity contribution in [1.82, 2.24) is 0 Å². The molecule has 3 fully saturated rings. The van der Waals surface area contributed by atoms with E-state index >= 15 is 0 Å². The summed E-state index contributed by atoms with van der Waals surface area (Å²) in [6.07, 6.45) is 5.52. The lowest BCUT2D eigenvalue weighted by Gasteiger charge is -2.55. The maximum atomic E-state index is 12.9. The summed E-state index contributed by atoms with van der Waals surface area (Å²) in [6, 6.07) is 0. The average molecular weight is 475 g/mol. The van der Waals surface area contributed by atoms with Crippen molar-refractivity contribution in [3.05, 3.63) is 23.3 Å². The van der Waals surface area contributed by atoms with Gasteiger partial charge in [0, 0.05) is 17.9 Å². The average Bonchev–Trinajstić information content (AvgIpc) is 3.00. The van der Waals surface area contributed by atoms with Crippen molar-refractivity contribution in [2.75, 3.05) is 0 Å². The Morgan fingerprint density at radius 3 is 2.50 bits per heavy atom. The fraction of sp³-hybridized carbons (Fsp3) is 0.786. The number of hydrogen-bond acceptors (Lipinski definition) is 6. The van der Waals surface area contributed by atoms with E-state index in [1.165, 1.54) is 18.6 Å². The molecule has 0 spiro atoms. The fourth-order valence-electron chi connectivity index (χ4n) is 7.71. The van der Waals surface area contributed by atoms with E-state index in [0.717, 1.165) is 12.0 Å². The Morgan fingerprint density at radius 2 is 1.88 bits per heavy atom. The molecule has 0 heterocycles. The number of allylic oxidation sites excluding steroid dienone is 2. The van der Waals surface area contributed by atoms with Gasteiger partial charge in [0.05, 0.1) is 6.10 Å². The van der Waals surface area contributed by atoms with Crippen LogP contribution in [0.4, 0.5) is 0 Å². The number of carbonyl (C=O) groups is 2. The SMILES string of the molecule is CC(=O)C1CC(OC(=O)/C=C(/C)C(C)C)C2(O)C3CC=C4CC(O)CCC4(C)C3CC2(O)C1C. The Morgan fingerprint density at radius 1 is 1.21 bits per heavy atom. The van der Waals surface area contributed by atoms with Crippen molar-refractivity contribution in [2.24, 2.45) is 35.0 Å². The van der Waals surface area contributed by atoms with Gasteiger partial charge in [0.1, 0.15) is 23.1 Å². The van der Waals surface area contributed by atoms with Crippen molar-refractivity contribution in [2.45, 2.75) is 103 Å². The largest absolute Gasteiger partial charge is 0.456 e. The van der Waals surface area contributed by atoms with Crippen LogP contribution in [0.1, 0.15) is 80.1 Å². The van der Waals surface area contributed by atoms with E-state index in [0.29, 0.717) is 25.7 Å². The number of Topliss-reactive ketones (excluding diaryl/α,β-unsaturated/α-hetero) is 1. The van der Waals surface area contributed by atoms with Crippen LogP contribution in [0, 0.1) is 35.0 Å². The first-order chi connectivity index (χ1) is 15.8. The number of carbonyl (C=O) groups excluding carboxylic acids is 2. The van der Waals surface area contributed by atoms with Crippen LogP contribution in [0.15, 0.2) is 23.3 Å². The first-order valence-electron chi connectivity index (χ1n) is 13.0. The molecule has 0 aromatic carbocycles. The molecule has 0 aromatic heterocycles. The molecule has 0 bridgehead atoms. The summed E-state index contributed by atoms with van der Waals surface area (Å²) in [7, 11) is 0. The molecule has 3 N–H and O–H groups in total. The monoisotopic (exact) mass is 474 g/mol. The van der Waals surface area contributed by atoms with E-state index in [1.54, 1.807) is 0 Å². The minimum absolute atomic E-state index is 0.0164. The third-order valence-electron chi connectivity index (χ3n) is 10.3. The zero-order valence-corrected chi connectivity index (χ0v) is 21.5. The van der Waals surface area contributed by atoms with Crippen molar-refractivity contribution >= 4 is 11.8 Å². The first-order valence-corrected chi connectivity index (χ1v) is 13.0. The number of rotatable bonds is 4. The van der Waals surface area contributed by atoms with Crippen LogP contribution >= 0.6 is 0 Å². The van der Waals surface area contributed by atoms with E-state index in [1.807, 2.05) is 27.7 Å². The first kappa shape index (κ1) is 25.6. The lowest BCUT2D eigenvalue weighted by Crippen LogP contribution is -2.69. The van der Waals surface area contributed by atoms with Crippen molar-refractivity contribution < 1.29 is 29.6 Å². The summed E-state index contributed by atoms with van der Waals surface area (Å²) in [5, 5.41) is 34.9. The third kappa shape index (κ3) is 3.63. The number of ether oxygens (including phenoxy) is 1. The predicted molar refractivity (Wildman–Crippen MR) is 129 cm³/mol. The zero-order valence-electron chi connectivity index (χ0n) is 21.5. The van der Waals surface area contributed by atoms with E-state index in [4.69, 9.17) is 4.74 Å². The summed E-state index contributed by atoms with van der Waals surface area (Å²) in [5.41, 5.74) is -1.33. The highest BCUT2D eigenvalue weighted by molar-refractivity contribution is 5.83. The van der Waals surface area contributed by atoms with Gasteiger partial charge < -0.3 is 20.1 Å². The fourth-order valence-corrected chi connectivity index (χ4v) is 7.71. The summed E-state index contributed by atoms with van der Waals surface area (Å²) in [4.78, 5) is 25.5. The Hall–Kier alpha value is -1.50. The molecule has 0 amide bonds. The van der Waals surface area contributed by atoms with Gasteiger partial charge in [0.25, 0.3) is 0 Å². The number of hydrogen-bond donors (Lipinski definition) is 3. The minimum atomic E-state index is -1.64. The van der Waals surface area contributed by atoms with Gasteiger partial charge in [0.15, 0.2) is 0 Å². The molecule has 9 unspecified atom stereocenters. The summed E-state index contributed by atoms with van der Waals surface area (Å²) in [5.74, 6) is -1.66. The van der Waals surface area contributed by atoms with Gasteiger partial charge in [-0.2, -0.15) is 0 Å². The van der Waals surface area contributed by atoms with E-state index in [9.17, 15) is 24.9 Å². The van der Waals surface area contributed by atoms with E-state index in [-0.39, 0.29) is 41.5 Å². The van der Waals surface area contributed by atoms with Crippen LogP contribution in [0.3, 0.4) is 0 Å². The molecule has 9 atom stereocenters. The Kier molecular flexibility index (Phi) is 6.44. The molecule has 0 radical (unpaired) electrons. The van der Waals surface area contributed by atoms with E-state index in [2.05, 4.69) is 13.0 Å². The standard InChI is InChI=1S/C28H42O6/c1-15(2)16(3)11-25(31)34-24-13-21(18(5)29)17(4)27(32)14-23-22(28(24,27)33)8-7-19-12-20(30)9-10-26(19,23)6/h7,11,15,17,20-24,30,32-33H,8-10,12-14H2,1-6H3/b16-11-. The molecule has 0 saturated heterocycles. The molecular weight excluding hydrogens is 432 g/mol. The summed E-state index contributed by atoms with van der Waals surface area (Å²) in [6.45, 7) is 11.4. The number of fused-ring (bicyclic) bond motifs is 5. The van der Waals surface area contributed by atoms with E-state index < -0.39 is 35.1 Å². The van der Waals surface area contributed by atoms with Crippen LogP contribution in [-0.2, 0) is 14.3 Å². The van der Waals surface area contributed by atoms with Crippen LogP contribution in [-0.4, -0.2) is 50.5 Å².